The van der Waals surface area contributed by atoms with Crippen LogP contribution in [0.5, 0.6) is 5.75 Å². The van der Waals surface area contributed by atoms with Crippen molar-refractivity contribution in [2.24, 2.45) is 22.9 Å². The van der Waals surface area contributed by atoms with Crippen molar-refractivity contribution in [3.05, 3.63) is 165 Å². The fourth-order valence-electron chi connectivity index (χ4n) is 18.5. The zero-order valence-electron chi connectivity index (χ0n) is 78.2. The molecule has 0 aliphatic carbocycles. The molecule has 20 amide bonds. The van der Waals surface area contributed by atoms with Crippen LogP contribution in [0.4, 0.5) is 30.2 Å². The number of nitrogens with one attached hydrogen (secondary N) is 12. The summed E-state index contributed by atoms with van der Waals surface area (Å²) in [6.45, 7) is 1.33. The lowest BCUT2D eigenvalue weighted by Crippen LogP contribution is -2.56. The van der Waals surface area contributed by atoms with E-state index in [-0.39, 0.29) is 105 Å². The van der Waals surface area contributed by atoms with E-state index in [1.54, 1.807) is 54.6 Å². The number of alkyl halides is 3. The molecule has 10 heterocycles. The van der Waals surface area contributed by atoms with Gasteiger partial charge in [-0.3, -0.25) is 95.9 Å². The van der Waals surface area contributed by atoms with Crippen LogP contribution in [0.25, 0.3) is 43.5 Å². The highest BCUT2D eigenvalue weighted by Gasteiger charge is 2.46. The SMILES string of the molecule is COc1ccc(NC(=O)C2CCCN2C(=O)C(CC(N)=O)NC(=O)C2CCC(=O)N2)cc1.NC(=O)CC(NC(=O)C1CCC(=O)N1)C(=O)N1CCCC1C(=O)NCc1cccc2ccccc12.NC(=O)CC(NC(=O)C1CCC(=O)N1)C(=O)N1CCCC1C(=O)Nc1ccc2c(C(F)(F)F)cc(=O)oc2c1.NC(=O)CC(NC(=O)C1CCC(=O)N1)C(=O)N1CCCC1C(=O)Nc1ccc2c(c1)oc(=O)c1ccccc12. The lowest BCUT2D eigenvalue weighted by atomic mass is 10.0. The lowest BCUT2D eigenvalue weighted by Gasteiger charge is -2.29. The molecule has 2 aromatic heterocycles. The molecule has 0 spiro atoms. The van der Waals surface area contributed by atoms with Crippen molar-refractivity contribution in [3.63, 3.8) is 0 Å². The van der Waals surface area contributed by atoms with Crippen molar-refractivity contribution < 1.29 is 123 Å². The first-order chi connectivity index (χ1) is 69.1. The zero-order chi connectivity index (χ0) is 104. The lowest BCUT2D eigenvalue weighted by molar-refractivity contribution is -0.142. The van der Waals surface area contributed by atoms with Crippen molar-refractivity contribution in [1.29, 1.82) is 0 Å². The molecule has 6 aromatic carbocycles. The number of benzene rings is 6. The first kappa shape index (κ1) is 106. The quantitative estimate of drug-likeness (QED) is 0.0212. The number of nitrogens with zero attached hydrogens (tertiary/aromatic N) is 4. The summed E-state index contributed by atoms with van der Waals surface area (Å²) in [6, 6.07) is 24.6. The summed E-state index contributed by atoms with van der Waals surface area (Å²) in [7, 11) is 1.54. The van der Waals surface area contributed by atoms with E-state index >= 15 is 0 Å². The average molecular weight is 2010 g/mol. The Morgan fingerprint density at radius 1 is 0.379 bits per heavy atom. The van der Waals surface area contributed by atoms with Gasteiger partial charge in [0.25, 0.3) is 0 Å². The van der Waals surface area contributed by atoms with E-state index in [9.17, 15) is 119 Å². The maximum Gasteiger partial charge on any atom is 0.417 e. The summed E-state index contributed by atoms with van der Waals surface area (Å²) in [5, 5.41) is 34.7. The van der Waals surface area contributed by atoms with Crippen LogP contribution < -0.4 is 103 Å². The number of halogens is 3. The summed E-state index contributed by atoms with van der Waals surface area (Å²) in [6.07, 6.45) is -1.03. The van der Waals surface area contributed by atoms with Gasteiger partial charge in [0.15, 0.2) is 0 Å². The molecule has 8 aromatic rings. The topological polar surface area (TPSA) is 672 Å². The summed E-state index contributed by atoms with van der Waals surface area (Å²) in [5.41, 5.74) is 20.1. The first-order valence-electron chi connectivity index (χ1n) is 46.8. The van der Waals surface area contributed by atoms with E-state index in [1.807, 2.05) is 54.6 Å². The van der Waals surface area contributed by atoms with Crippen LogP contribution in [0, 0.1) is 0 Å². The summed E-state index contributed by atoms with van der Waals surface area (Å²) in [5.74, 6) is -10.3. The van der Waals surface area contributed by atoms with Crippen LogP contribution in [0.2, 0.25) is 0 Å². The number of hydrogen-bond acceptors (Lipinski definition) is 25. The highest BCUT2D eigenvalue weighted by Crippen LogP contribution is 2.36. The van der Waals surface area contributed by atoms with Crippen molar-refractivity contribution >= 4 is 179 Å². The number of amides is 20. The highest BCUT2D eigenvalue weighted by atomic mass is 19.4. The van der Waals surface area contributed by atoms with Crippen LogP contribution in [-0.4, -0.2) is 244 Å². The molecule has 0 bridgehead atoms. The predicted octanol–water partition coefficient (Wildman–Crippen LogP) is 0.244. The van der Waals surface area contributed by atoms with Crippen molar-refractivity contribution in [2.45, 2.75) is 214 Å². The van der Waals surface area contributed by atoms with Gasteiger partial charge in [0, 0.05) is 104 Å². The minimum absolute atomic E-state index is 0.0215. The highest BCUT2D eigenvalue weighted by molar-refractivity contribution is 6.09. The Morgan fingerprint density at radius 3 is 1.08 bits per heavy atom. The minimum Gasteiger partial charge on any atom is -0.497 e. The van der Waals surface area contributed by atoms with Gasteiger partial charge >= 0.3 is 17.4 Å². The standard InChI is InChI=1S/C27H27N5O7.C25H29N5O5.C24H24F3N5O7.C21H27N5O6/c28-22(33)13-19(31-24(35)18-9-10-23(34)30-18)26(37)32-11-3-6-20(32)25(36)29-14-7-8-16-15-4-1-2-5-17(15)27(38)39-21(16)12-14;26-21(31)13-19(29-23(33)18-10-11-22(32)28-18)25(35)30-12-4-9-20(30)24(34)27-14-16-7-3-6-15-5-1-2-8-17(15)16;25-24(26,27)13-9-20(35)39-17-8-11(3-4-12(13)17)29-22(37)16-2-1-7-32(16)23(38)15(10-18(28)33)31-21(36)14-5-6-19(34)30-14;1-32-13-6-4-12(5-7-13)23-20(30)16-3-2-10-26(16)21(31)15(11-17(22)27)25-19(29)14-8-9-18(28)24-14/h1-2,4-5,7-8,12,18-20H,3,6,9-11,13H2,(H2,28,33)(H,29,36)(H,30,34)(H,31,35);1-3,5-8,18-20H,4,9-14H2,(H2,26,31)(H,27,34)(H,28,32)(H,29,33);3-4,8-9,14-16H,1-2,5-7,10H2,(H2,28,33)(H,29,37)(H,30,34)(H,31,36);4-7,14-16H,2-3,8-11H2,1H3,(H2,22,27)(H,23,30)(H,24,28)(H,25,29). The molecule has 766 valence electrons. The molecule has 12 atom stereocenters. The molecule has 0 saturated carbocycles. The molecule has 8 aliphatic rings. The molecule has 20 N–H and O–H groups in total. The van der Waals surface area contributed by atoms with Crippen molar-refractivity contribution in [2.75, 3.05) is 49.2 Å². The molecular weight excluding hydrogens is 1900 g/mol. The fourth-order valence-corrected chi connectivity index (χ4v) is 18.5. The maximum atomic E-state index is 13.4. The third-order valence-corrected chi connectivity index (χ3v) is 25.6. The van der Waals surface area contributed by atoms with Crippen LogP contribution in [0.3, 0.4) is 0 Å². The normalized spacial score (nSPS) is 20.2. The Hall–Kier alpha value is -16.8. The van der Waals surface area contributed by atoms with Gasteiger partial charge in [0.05, 0.1) is 43.7 Å². The van der Waals surface area contributed by atoms with Crippen LogP contribution in [0.1, 0.15) is 140 Å². The van der Waals surface area contributed by atoms with E-state index in [4.69, 9.17) is 36.5 Å². The largest absolute Gasteiger partial charge is 0.497 e. The molecule has 45 nitrogen and oxygen atoms in total. The van der Waals surface area contributed by atoms with Gasteiger partial charge in [0.1, 0.15) is 89.4 Å². The smallest absolute Gasteiger partial charge is 0.417 e. The number of methoxy groups -OCH3 is 1. The van der Waals surface area contributed by atoms with Crippen molar-refractivity contribution in [1.82, 2.24) is 67.5 Å². The Bertz CT molecular complexity index is 6570. The predicted molar refractivity (Wildman–Crippen MR) is 509 cm³/mol. The summed E-state index contributed by atoms with van der Waals surface area (Å²) >= 11 is 0. The number of likely N-dealkylation sites (tertiary alicyclic amines) is 4. The van der Waals surface area contributed by atoms with Crippen LogP contribution in [-0.2, 0) is 109 Å². The van der Waals surface area contributed by atoms with Gasteiger partial charge in [-0.15, -0.1) is 0 Å². The second-order valence-electron chi connectivity index (χ2n) is 35.7. The number of ether oxygens (including phenoxy) is 1. The van der Waals surface area contributed by atoms with E-state index in [2.05, 4.69) is 63.8 Å². The Kier molecular flexibility index (Phi) is 34.4. The van der Waals surface area contributed by atoms with Crippen LogP contribution in [0.15, 0.2) is 152 Å². The van der Waals surface area contributed by atoms with Gasteiger partial charge in [-0.05, 0) is 153 Å². The average Bonchev–Trinajstić information content (AvgIpc) is 1.44. The van der Waals surface area contributed by atoms with Gasteiger partial charge in [-0.25, -0.2) is 9.59 Å². The number of rotatable bonds is 30. The second-order valence-corrected chi connectivity index (χ2v) is 35.7. The van der Waals surface area contributed by atoms with Crippen molar-refractivity contribution in [3.8, 4) is 5.75 Å². The number of fused-ring (bicyclic) bond motifs is 5. The van der Waals surface area contributed by atoms with Crippen LogP contribution >= 0.6 is 0 Å². The van der Waals surface area contributed by atoms with E-state index < -0.39 is 209 Å². The molecule has 0 radical (unpaired) electrons. The molecule has 145 heavy (non-hydrogen) atoms. The summed E-state index contributed by atoms with van der Waals surface area (Å²) < 4.78 is 55.3. The zero-order valence-corrected chi connectivity index (χ0v) is 78.2. The molecule has 8 fully saturated rings. The second kappa shape index (κ2) is 47.2. The monoisotopic (exact) mass is 2010 g/mol. The molecular formula is C97H107F3N20O25. The number of carbonyl (C=O) groups is 20. The van der Waals surface area contributed by atoms with Gasteiger partial charge < -0.3 is 120 Å². The molecule has 12 unspecified atom stereocenters. The minimum atomic E-state index is -4.80. The van der Waals surface area contributed by atoms with Gasteiger partial charge in [0.2, 0.25) is 118 Å². The van der Waals surface area contributed by atoms with Gasteiger partial charge in [-0.1, -0.05) is 60.7 Å². The number of nitrogens with two attached hydrogens (primary N) is 4. The Morgan fingerprint density at radius 2 is 0.717 bits per heavy atom. The molecule has 16 rings (SSSR count). The fraction of sp³-hybridized carbons (Fsp3) is 0.402. The van der Waals surface area contributed by atoms with Gasteiger partial charge in [-0.2, -0.15) is 13.2 Å². The van der Waals surface area contributed by atoms with E-state index in [1.165, 1.54) is 32.8 Å². The number of primary amides is 4. The Balaban J connectivity index is 0.000000162. The number of carbonyl (C=O) groups excluding carboxylic acids is 20. The third kappa shape index (κ3) is 26.9. The molecule has 48 heteroatoms. The third-order valence-electron chi connectivity index (χ3n) is 25.6. The number of hydrogen-bond donors (Lipinski definition) is 16. The van der Waals surface area contributed by atoms with E-state index in [0.717, 1.165) is 33.9 Å². The van der Waals surface area contributed by atoms with E-state index in [0.29, 0.717) is 117 Å². The maximum absolute atomic E-state index is 13.4. The molecule has 8 aliphatic heterocycles. The first-order valence-corrected chi connectivity index (χ1v) is 46.8. The summed E-state index contributed by atoms with van der Waals surface area (Å²) in [4.78, 5) is 277. The molecule has 8 saturated heterocycles. The Labute approximate surface area is 822 Å². The number of anilines is 3.